The van der Waals surface area contributed by atoms with Crippen LogP contribution in [0.5, 0.6) is 0 Å². The highest BCUT2D eigenvalue weighted by Crippen LogP contribution is 2.25. The molecule has 40 heavy (non-hydrogen) atoms. The van der Waals surface area contributed by atoms with Crippen molar-refractivity contribution in [2.24, 2.45) is 0 Å². The topological polar surface area (TPSA) is 176 Å². The zero-order valence-corrected chi connectivity index (χ0v) is 22.5. The monoisotopic (exact) mass is 574 g/mol. The van der Waals surface area contributed by atoms with Crippen LogP contribution in [0.15, 0.2) is 24.3 Å². The van der Waals surface area contributed by atoms with Gasteiger partial charge in [0.15, 0.2) is 0 Å². The van der Waals surface area contributed by atoms with Crippen molar-refractivity contribution in [3.63, 3.8) is 0 Å². The fraction of sp³-hybridized carbons (Fsp3) is 0.462. The van der Waals surface area contributed by atoms with Gasteiger partial charge in [0.2, 0.25) is 35.4 Å². The molecular formula is C26H30N4O9S. The fourth-order valence-electron chi connectivity index (χ4n) is 3.94. The van der Waals surface area contributed by atoms with Crippen molar-refractivity contribution in [3.05, 3.63) is 29.8 Å². The first-order valence-electron chi connectivity index (χ1n) is 12.7. The Morgan fingerprint density at radius 2 is 1.77 bits per heavy atom. The minimum Gasteiger partial charge on any atom is -0.362 e. The first-order valence-corrected chi connectivity index (χ1v) is 13.7. The van der Waals surface area contributed by atoms with Crippen LogP contribution in [-0.4, -0.2) is 101 Å². The number of nitrogens with one attached hydrogen (secondary N) is 2. The summed E-state index contributed by atoms with van der Waals surface area (Å²) in [5.74, 6) is -2.24. The van der Waals surface area contributed by atoms with Crippen LogP contribution in [0.25, 0.3) is 0 Å². The summed E-state index contributed by atoms with van der Waals surface area (Å²) in [6, 6.07) is 5.91. The van der Waals surface area contributed by atoms with Crippen LogP contribution >= 0.6 is 11.8 Å². The number of amides is 6. The van der Waals surface area contributed by atoms with Crippen molar-refractivity contribution in [1.29, 1.82) is 0 Å². The molecule has 0 bridgehead atoms. The van der Waals surface area contributed by atoms with Gasteiger partial charge in [-0.2, -0.15) is 0 Å². The van der Waals surface area contributed by atoms with Gasteiger partial charge in [0, 0.05) is 50.2 Å². The molecule has 2 heterocycles. The Morgan fingerprint density at radius 3 is 2.40 bits per heavy atom. The van der Waals surface area contributed by atoms with Crippen LogP contribution in [0.2, 0.25) is 0 Å². The molecule has 0 radical (unpaired) electrons. The molecule has 0 aromatic heterocycles. The molecule has 13 nitrogen and oxygen atoms in total. The Labute approximate surface area is 234 Å². The maximum atomic E-state index is 12.3. The second kappa shape index (κ2) is 15.0. The molecule has 1 aromatic carbocycles. The molecule has 2 aliphatic heterocycles. The summed E-state index contributed by atoms with van der Waals surface area (Å²) in [6.45, 7) is -0.398. The van der Waals surface area contributed by atoms with E-state index in [0.29, 0.717) is 37.6 Å². The fourth-order valence-corrected chi connectivity index (χ4v) is 5.07. The summed E-state index contributed by atoms with van der Waals surface area (Å²) in [5.41, 5.74) is 1.36. The summed E-state index contributed by atoms with van der Waals surface area (Å²) >= 11 is 1.06. The first kappa shape index (κ1) is 30.6. The van der Waals surface area contributed by atoms with Crippen LogP contribution in [0.3, 0.4) is 0 Å². The van der Waals surface area contributed by atoms with Crippen molar-refractivity contribution in [1.82, 2.24) is 15.1 Å². The van der Waals surface area contributed by atoms with E-state index in [1.165, 1.54) is 4.90 Å². The van der Waals surface area contributed by atoms with Gasteiger partial charge in [0.1, 0.15) is 25.8 Å². The number of hydrogen-bond donors (Lipinski definition) is 2. The van der Waals surface area contributed by atoms with E-state index < -0.39 is 42.2 Å². The minimum atomic E-state index is -0.929. The van der Waals surface area contributed by atoms with E-state index >= 15 is 0 Å². The van der Waals surface area contributed by atoms with Gasteiger partial charge < -0.3 is 25.0 Å². The molecule has 2 unspecified atom stereocenters. The highest BCUT2D eigenvalue weighted by atomic mass is 32.2. The second-order valence-corrected chi connectivity index (χ2v) is 10.3. The molecule has 1 aromatic rings. The molecular weight excluding hydrogens is 544 g/mol. The first-order chi connectivity index (χ1) is 19.2. The number of ether oxygens (including phenoxy) is 1. The number of thioether (sulfide) groups is 1. The van der Waals surface area contributed by atoms with E-state index in [0.717, 1.165) is 22.2 Å². The molecule has 3 rings (SSSR count). The molecule has 6 amide bonds. The number of likely N-dealkylation sites (tertiary alicyclic amines) is 2. The maximum Gasteiger partial charge on any atom is 0.250 e. The van der Waals surface area contributed by atoms with Crippen molar-refractivity contribution in [3.8, 4) is 0 Å². The number of benzene rings is 1. The molecule has 14 heteroatoms. The molecule has 0 saturated carbocycles. The SMILES string of the molecule is O=CCCN1C(=O)CC(SCC(C=O)NC(=O)COCC(=O)Nc2ccc(CCC(=O)N3CCC3=O)cc2)C1=O. The lowest BCUT2D eigenvalue weighted by molar-refractivity contribution is -0.152. The van der Waals surface area contributed by atoms with E-state index in [2.05, 4.69) is 10.6 Å². The standard InChI is InChI=1S/C26H30N4O9S/c31-11-1-9-30-25(37)12-20(26(30)38)40-16-19(13-32)28-22(34)15-39-14-21(33)27-18-5-2-17(3-6-18)4-7-23(35)29-10-8-24(29)36/h2-3,5-6,11,13,19-20H,1,4,7-10,12,14-16H2,(H,27,33)(H,28,34). The molecule has 2 fully saturated rings. The third-order valence-corrected chi connectivity index (χ3v) is 7.47. The Morgan fingerprint density at radius 1 is 1.05 bits per heavy atom. The number of carbonyl (C=O) groups is 8. The number of anilines is 1. The summed E-state index contributed by atoms with van der Waals surface area (Å²) in [4.78, 5) is 95.9. The van der Waals surface area contributed by atoms with Gasteiger partial charge in [0.05, 0.1) is 11.3 Å². The number of nitrogens with zero attached hydrogens (tertiary/aromatic N) is 2. The number of rotatable bonds is 16. The van der Waals surface area contributed by atoms with Crippen LogP contribution < -0.4 is 10.6 Å². The van der Waals surface area contributed by atoms with Crippen molar-refractivity contribution >= 4 is 65.5 Å². The number of imide groups is 2. The van der Waals surface area contributed by atoms with Gasteiger partial charge in [0.25, 0.3) is 0 Å². The molecule has 2 saturated heterocycles. The highest BCUT2D eigenvalue weighted by Gasteiger charge is 2.38. The number of aldehydes is 2. The predicted molar refractivity (Wildman–Crippen MR) is 142 cm³/mol. The lowest BCUT2D eigenvalue weighted by atomic mass is 10.1. The van der Waals surface area contributed by atoms with Crippen molar-refractivity contribution in [2.45, 2.75) is 43.4 Å². The second-order valence-electron chi connectivity index (χ2n) is 9.10. The Bertz CT molecular complexity index is 1160. The third kappa shape index (κ3) is 8.81. The van der Waals surface area contributed by atoms with E-state index in [1.54, 1.807) is 24.3 Å². The molecule has 2 atom stereocenters. The van der Waals surface area contributed by atoms with E-state index in [-0.39, 0.29) is 49.3 Å². The summed E-state index contributed by atoms with van der Waals surface area (Å²) < 4.78 is 5.12. The predicted octanol–water partition coefficient (Wildman–Crippen LogP) is -0.533. The van der Waals surface area contributed by atoms with Crippen LogP contribution in [0.4, 0.5) is 5.69 Å². The summed E-state index contributed by atoms with van der Waals surface area (Å²) in [5, 5.41) is 4.37. The highest BCUT2D eigenvalue weighted by molar-refractivity contribution is 8.00. The van der Waals surface area contributed by atoms with E-state index in [4.69, 9.17) is 4.74 Å². The lowest BCUT2D eigenvalue weighted by Crippen LogP contribution is -2.47. The Balaban J connectivity index is 1.31. The van der Waals surface area contributed by atoms with Crippen molar-refractivity contribution in [2.75, 3.05) is 37.4 Å². The largest absolute Gasteiger partial charge is 0.362 e. The normalized spacial score (nSPS) is 17.3. The number of hydrogen-bond acceptors (Lipinski definition) is 10. The van der Waals surface area contributed by atoms with Crippen molar-refractivity contribution < 1.29 is 43.1 Å². The van der Waals surface area contributed by atoms with E-state index in [1.807, 2.05) is 0 Å². The van der Waals surface area contributed by atoms with Gasteiger partial charge in [-0.1, -0.05) is 12.1 Å². The number of aryl methyl sites for hydroxylation is 1. The Kier molecular flexibility index (Phi) is 11.5. The Hall–Kier alpha value is -3.91. The summed E-state index contributed by atoms with van der Waals surface area (Å²) in [6.07, 6.45) is 2.23. The van der Waals surface area contributed by atoms with Crippen LogP contribution in [0.1, 0.15) is 31.2 Å². The molecule has 2 aliphatic rings. The molecule has 214 valence electrons. The average molecular weight is 575 g/mol. The molecule has 0 spiro atoms. The van der Waals surface area contributed by atoms with Gasteiger partial charge in [-0.3, -0.25) is 38.6 Å². The molecule has 0 aliphatic carbocycles. The van der Waals surface area contributed by atoms with Crippen LogP contribution in [0, 0.1) is 0 Å². The maximum absolute atomic E-state index is 12.3. The van der Waals surface area contributed by atoms with Gasteiger partial charge >= 0.3 is 0 Å². The summed E-state index contributed by atoms with van der Waals surface area (Å²) in [7, 11) is 0. The lowest BCUT2D eigenvalue weighted by Gasteiger charge is -2.28. The zero-order valence-electron chi connectivity index (χ0n) is 21.7. The number of β-lactam (4-membered cyclic amide) rings is 1. The van der Waals surface area contributed by atoms with E-state index in [9.17, 15) is 38.4 Å². The number of carbonyl (C=O) groups excluding carboxylic acids is 8. The van der Waals surface area contributed by atoms with Crippen LogP contribution in [-0.2, 0) is 49.5 Å². The minimum absolute atomic E-state index is 0.0213. The third-order valence-electron chi connectivity index (χ3n) is 6.14. The quantitative estimate of drug-likeness (QED) is 0.148. The zero-order chi connectivity index (χ0) is 29.1. The average Bonchev–Trinajstić information content (AvgIpc) is 3.20. The van der Waals surface area contributed by atoms with Gasteiger partial charge in [-0.15, -0.1) is 11.8 Å². The smallest absolute Gasteiger partial charge is 0.250 e. The molecule has 2 N–H and O–H groups in total. The van der Waals surface area contributed by atoms with Gasteiger partial charge in [-0.25, -0.2) is 0 Å². The van der Waals surface area contributed by atoms with Gasteiger partial charge in [-0.05, 0) is 24.1 Å².